The molecule has 0 aliphatic rings. The van der Waals surface area contributed by atoms with Gasteiger partial charge in [-0.15, -0.1) is 0 Å². The molecule has 0 fully saturated rings. The number of aromatic nitrogens is 2. The number of carbonyl (C=O) groups excluding carboxylic acids is 1. The van der Waals surface area contributed by atoms with Crippen molar-refractivity contribution < 1.29 is 9.53 Å². The highest BCUT2D eigenvalue weighted by Crippen LogP contribution is 2.19. The molecule has 2 aromatic heterocycles. The molecular formula is C14H11N3O2. The maximum atomic E-state index is 11.6. The second-order valence-electron chi connectivity index (χ2n) is 3.72. The molecule has 0 N–H and O–H groups in total. The zero-order valence-electron chi connectivity index (χ0n) is 10.3. The number of rotatable bonds is 3. The van der Waals surface area contributed by atoms with E-state index in [-0.39, 0.29) is 0 Å². The van der Waals surface area contributed by atoms with Gasteiger partial charge in [0.15, 0.2) is 0 Å². The number of carbonyl (C=O) groups is 1. The fourth-order valence-electron chi connectivity index (χ4n) is 1.60. The Morgan fingerprint density at radius 3 is 2.95 bits per heavy atom. The van der Waals surface area contributed by atoms with Gasteiger partial charge in [-0.3, -0.25) is 4.98 Å². The molecule has 0 saturated heterocycles. The van der Waals surface area contributed by atoms with Crippen LogP contribution in [0.25, 0.3) is 11.1 Å². The van der Waals surface area contributed by atoms with Gasteiger partial charge in [0.25, 0.3) is 0 Å². The lowest BCUT2D eigenvalue weighted by molar-refractivity contribution is 0.0526. The molecule has 0 aromatic carbocycles. The number of nitrogens with zero attached hydrogens (tertiary/aromatic N) is 3. The van der Waals surface area contributed by atoms with E-state index in [0.717, 1.165) is 11.1 Å². The zero-order valence-corrected chi connectivity index (χ0v) is 10.3. The number of esters is 1. The summed E-state index contributed by atoms with van der Waals surface area (Å²) in [5, 5.41) is 8.82. The molecule has 94 valence electrons. The van der Waals surface area contributed by atoms with Crippen LogP contribution in [-0.2, 0) is 4.74 Å². The van der Waals surface area contributed by atoms with Gasteiger partial charge in [-0.25, -0.2) is 9.78 Å². The Bertz CT molecular complexity index is 647. The van der Waals surface area contributed by atoms with Crippen LogP contribution in [0.4, 0.5) is 0 Å². The summed E-state index contributed by atoms with van der Waals surface area (Å²) in [6.07, 6.45) is 4.62. The summed E-state index contributed by atoms with van der Waals surface area (Å²) >= 11 is 0. The number of pyridine rings is 2. The van der Waals surface area contributed by atoms with Crippen LogP contribution < -0.4 is 0 Å². The SMILES string of the molecule is CCOC(=O)c1cncc(-c2ccnc(C#N)c2)c1. The molecule has 2 aromatic rings. The molecule has 2 heterocycles. The topological polar surface area (TPSA) is 75.9 Å². The van der Waals surface area contributed by atoms with Gasteiger partial charge in [0.1, 0.15) is 11.8 Å². The lowest BCUT2D eigenvalue weighted by atomic mass is 10.1. The molecule has 0 spiro atoms. The molecule has 0 aliphatic carbocycles. The molecule has 0 aliphatic heterocycles. The van der Waals surface area contributed by atoms with Crippen LogP contribution in [0.2, 0.25) is 0 Å². The molecule has 0 amide bonds. The van der Waals surface area contributed by atoms with Gasteiger partial charge in [0.05, 0.1) is 12.2 Å². The number of hydrogen-bond donors (Lipinski definition) is 0. The third-order valence-corrected chi connectivity index (χ3v) is 2.46. The normalized spacial score (nSPS) is 9.68. The van der Waals surface area contributed by atoms with E-state index in [4.69, 9.17) is 10.00 Å². The third-order valence-electron chi connectivity index (χ3n) is 2.46. The largest absolute Gasteiger partial charge is 0.462 e. The Hall–Kier alpha value is -2.74. The van der Waals surface area contributed by atoms with Crippen LogP contribution >= 0.6 is 0 Å². The Morgan fingerprint density at radius 2 is 2.21 bits per heavy atom. The standard InChI is InChI=1S/C14H11N3O2/c1-2-19-14(18)12-5-11(8-16-9-12)10-3-4-17-13(6-10)7-15/h3-6,8-9H,2H2,1H3. The van der Waals surface area contributed by atoms with E-state index in [0.29, 0.717) is 17.9 Å². The van der Waals surface area contributed by atoms with E-state index < -0.39 is 5.97 Å². The lowest BCUT2D eigenvalue weighted by Crippen LogP contribution is -2.05. The van der Waals surface area contributed by atoms with Crippen molar-refractivity contribution in [2.24, 2.45) is 0 Å². The van der Waals surface area contributed by atoms with Gasteiger partial charge in [-0.05, 0) is 30.7 Å². The minimum atomic E-state index is -0.411. The first kappa shape index (κ1) is 12.7. The molecule has 5 nitrogen and oxygen atoms in total. The highest BCUT2D eigenvalue weighted by atomic mass is 16.5. The van der Waals surface area contributed by atoms with E-state index in [1.165, 1.54) is 6.20 Å². The number of ether oxygens (including phenoxy) is 1. The second kappa shape index (κ2) is 5.74. The highest BCUT2D eigenvalue weighted by Gasteiger charge is 2.09. The van der Waals surface area contributed by atoms with Crippen LogP contribution in [0.1, 0.15) is 23.0 Å². The first-order valence-corrected chi connectivity index (χ1v) is 5.73. The van der Waals surface area contributed by atoms with Gasteiger partial charge in [0.2, 0.25) is 0 Å². The quantitative estimate of drug-likeness (QED) is 0.784. The Balaban J connectivity index is 2.38. The summed E-state index contributed by atoms with van der Waals surface area (Å²) in [7, 11) is 0. The summed E-state index contributed by atoms with van der Waals surface area (Å²) in [5.41, 5.74) is 2.23. The van der Waals surface area contributed by atoms with E-state index in [1.54, 1.807) is 37.5 Å². The van der Waals surface area contributed by atoms with E-state index >= 15 is 0 Å². The van der Waals surface area contributed by atoms with Crippen LogP contribution in [-0.4, -0.2) is 22.5 Å². The van der Waals surface area contributed by atoms with E-state index in [9.17, 15) is 4.79 Å². The second-order valence-corrected chi connectivity index (χ2v) is 3.72. The summed E-state index contributed by atoms with van der Waals surface area (Å²) in [6, 6.07) is 7.06. The summed E-state index contributed by atoms with van der Waals surface area (Å²) in [6.45, 7) is 2.06. The Kier molecular flexibility index (Phi) is 3.84. The predicted molar refractivity (Wildman–Crippen MR) is 68.1 cm³/mol. The van der Waals surface area contributed by atoms with Crippen LogP contribution in [0, 0.1) is 11.3 Å². The lowest BCUT2D eigenvalue weighted by Gasteiger charge is -2.04. The molecule has 5 heteroatoms. The van der Waals surface area contributed by atoms with E-state index in [2.05, 4.69) is 9.97 Å². The van der Waals surface area contributed by atoms with Crippen molar-refractivity contribution in [3.8, 4) is 17.2 Å². The van der Waals surface area contributed by atoms with Gasteiger partial charge in [0, 0.05) is 24.2 Å². The molecular weight excluding hydrogens is 242 g/mol. The maximum absolute atomic E-state index is 11.6. The van der Waals surface area contributed by atoms with Gasteiger partial charge < -0.3 is 4.74 Å². The van der Waals surface area contributed by atoms with E-state index in [1.807, 2.05) is 6.07 Å². The number of hydrogen-bond acceptors (Lipinski definition) is 5. The highest BCUT2D eigenvalue weighted by molar-refractivity contribution is 5.90. The van der Waals surface area contributed by atoms with Crippen molar-refractivity contribution in [3.63, 3.8) is 0 Å². The fourth-order valence-corrected chi connectivity index (χ4v) is 1.60. The van der Waals surface area contributed by atoms with Crippen molar-refractivity contribution >= 4 is 5.97 Å². The summed E-state index contributed by atoms with van der Waals surface area (Å²) in [4.78, 5) is 19.5. The number of nitriles is 1. The molecule has 0 bridgehead atoms. The van der Waals surface area contributed by atoms with Crippen molar-refractivity contribution in [3.05, 3.63) is 48.0 Å². The zero-order chi connectivity index (χ0) is 13.7. The predicted octanol–water partition coefficient (Wildman–Crippen LogP) is 2.19. The summed E-state index contributed by atoms with van der Waals surface area (Å²) < 4.78 is 4.92. The van der Waals surface area contributed by atoms with Gasteiger partial charge >= 0.3 is 5.97 Å². The maximum Gasteiger partial charge on any atom is 0.339 e. The molecule has 2 rings (SSSR count). The van der Waals surface area contributed by atoms with Crippen LogP contribution in [0.5, 0.6) is 0 Å². The van der Waals surface area contributed by atoms with Crippen LogP contribution in [0.3, 0.4) is 0 Å². The Labute approximate surface area is 110 Å². The molecule has 0 radical (unpaired) electrons. The van der Waals surface area contributed by atoms with Crippen LogP contribution in [0.15, 0.2) is 36.8 Å². The van der Waals surface area contributed by atoms with Gasteiger partial charge in [-0.2, -0.15) is 5.26 Å². The fraction of sp³-hybridized carbons (Fsp3) is 0.143. The molecule has 0 unspecified atom stereocenters. The minimum absolute atomic E-state index is 0.316. The monoisotopic (exact) mass is 253 g/mol. The summed E-state index contributed by atoms with van der Waals surface area (Å²) in [5.74, 6) is -0.411. The van der Waals surface area contributed by atoms with Gasteiger partial charge in [-0.1, -0.05) is 0 Å². The van der Waals surface area contributed by atoms with Crippen molar-refractivity contribution in [1.29, 1.82) is 5.26 Å². The average molecular weight is 253 g/mol. The van der Waals surface area contributed by atoms with Crippen molar-refractivity contribution in [2.75, 3.05) is 6.61 Å². The molecule has 0 atom stereocenters. The Morgan fingerprint density at radius 1 is 1.37 bits per heavy atom. The smallest absolute Gasteiger partial charge is 0.339 e. The minimum Gasteiger partial charge on any atom is -0.462 e. The first-order chi connectivity index (χ1) is 9.24. The average Bonchev–Trinajstić information content (AvgIpc) is 2.48. The van der Waals surface area contributed by atoms with Crippen molar-refractivity contribution in [2.45, 2.75) is 6.92 Å². The van der Waals surface area contributed by atoms with Crippen molar-refractivity contribution in [1.82, 2.24) is 9.97 Å². The first-order valence-electron chi connectivity index (χ1n) is 5.73. The third kappa shape index (κ3) is 2.93. The molecule has 19 heavy (non-hydrogen) atoms. The molecule has 0 saturated carbocycles.